The van der Waals surface area contributed by atoms with E-state index in [1.165, 1.54) is 11.3 Å². The number of aryl methyl sites for hydroxylation is 1. The maximum absolute atomic E-state index is 11.9. The zero-order valence-electron chi connectivity index (χ0n) is 9.87. The van der Waals surface area contributed by atoms with Crippen molar-refractivity contribution in [2.24, 2.45) is 0 Å². The van der Waals surface area contributed by atoms with Crippen molar-refractivity contribution < 1.29 is 9.59 Å². The fourth-order valence-electron chi connectivity index (χ4n) is 1.46. The first kappa shape index (κ1) is 12.9. The highest BCUT2D eigenvalue weighted by molar-refractivity contribution is 7.12. The van der Waals surface area contributed by atoms with Gasteiger partial charge in [-0.25, -0.2) is 0 Å². The van der Waals surface area contributed by atoms with Crippen LogP contribution in [0.15, 0.2) is 11.4 Å². The van der Waals surface area contributed by atoms with Crippen molar-refractivity contribution in [3.63, 3.8) is 0 Å². The molecule has 0 fully saturated rings. The summed E-state index contributed by atoms with van der Waals surface area (Å²) in [5.41, 5.74) is 1.04. The minimum atomic E-state index is -0.399. The Hall–Kier alpha value is -1.16. The van der Waals surface area contributed by atoms with Gasteiger partial charge in [0.05, 0.1) is 10.9 Å². The number of amides is 1. The van der Waals surface area contributed by atoms with Crippen molar-refractivity contribution in [3.8, 4) is 0 Å². The SMILES string of the molecule is CCC(=O)C(C)NC(=O)c1sccc1CC. The Kier molecular flexibility index (Phi) is 4.68. The highest BCUT2D eigenvalue weighted by atomic mass is 32.1. The van der Waals surface area contributed by atoms with Gasteiger partial charge in [0.2, 0.25) is 0 Å². The van der Waals surface area contributed by atoms with E-state index < -0.39 is 6.04 Å². The van der Waals surface area contributed by atoms with E-state index >= 15 is 0 Å². The molecule has 0 aliphatic rings. The number of Topliss-reactive ketones (excluding diaryl/α,β-unsaturated/α-hetero) is 1. The molecule has 0 aliphatic carbocycles. The zero-order valence-corrected chi connectivity index (χ0v) is 10.7. The van der Waals surface area contributed by atoms with Gasteiger partial charge < -0.3 is 5.32 Å². The van der Waals surface area contributed by atoms with Gasteiger partial charge in [-0.2, -0.15) is 0 Å². The van der Waals surface area contributed by atoms with Gasteiger partial charge >= 0.3 is 0 Å². The van der Waals surface area contributed by atoms with Crippen LogP contribution in [-0.4, -0.2) is 17.7 Å². The fraction of sp³-hybridized carbons (Fsp3) is 0.500. The molecule has 0 saturated carbocycles. The van der Waals surface area contributed by atoms with Crippen LogP contribution in [0.3, 0.4) is 0 Å². The predicted molar refractivity (Wildman–Crippen MR) is 65.9 cm³/mol. The smallest absolute Gasteiger partial charge is 0.262 e. The van der Waals surface area contributed by atoms with Gasteiger partial charge in [0.15, 0.2) is 5.78 Å². The molecule has 16 heavy (non-hydrogen) atoms. The van der Waals surface area contributed by atoms with E-state index in [9.17, 15) is 9.59 Å². The van der Waals surface area contributed by atoms with Crippen LogP contribution in [0, 0.1) is 0 Å². The molecule has 0 aromatic carbocycles. The Morgan fingerprint density at radius 3 is 2.69 bits per heavy atom. The normalized spacial score (nSPS) is 12.2. The lowest BCUT2D eigenvalue weighted by atomic mass is 10.1. The van der Waals surface area contributed by atoms with Crippen LogP contribution < -0.4 is 5.32 Å². The summed E-state index contributed by atoms with van der Waals surface area (Å²) in [5, 5.41) is 4.63. The molecular weight excluding hydrogens is 222 g/mol. The minimum Gasteiger partial charge on any atom is -0.342 e. The third kappa shape index (κ3) is 2.92. The molecule has 0 spiro atoms. The molecule has 1 amide bonds. The number of rotatable bonds is 5. The number of thiophene rings is 1. The summed E-state index contributed by atoms with van der Waals surface area (Å²) in [6.45, 7) is 5.54. The third-order valence-electron chi connectivity index (χ3n) is 2.51. The Morgan fingerprint density at radius 2 is 2.12 bits per heavy atom. The molecule has 1 unspecified atom stereocenters. The van der Waals surface area contributed by atoms with Gasteiger partial charge in [-0.05, 0) is 30.4 Å². The highest BCUT2D eigenvalue weighted by Gasteiger charge is 2.17. The van der Waals surface area contributed by atoms with Crippen LogP contribution in [0.25, 0.3) is 0 Å². The van der Waals surface area contributed by atoms with Gasteiger partial charge in [-0.15, -0.1) is 11.3 Å². The number of carbonyl (C=O) groups is 2. The van der Waals surface area contributed by atoms with Gasteiger partial charge in [0.25, 0.3) is 5.91 Å². The van der Waals surface area contributed by atoms with Crippen LogP contribution in [-0.2, 0) is 11.2 Å². The minimum absolute atomic E-state index is 0.0583. The van der Waals surface area contributed by atoms with E-state index in [-0.39, 0.29) is 11.7 Å². The second-order valence-electron chi connectivity index (χ2n) is 3.64. The maximum atomic E-state index is 11.9. The van der Waals surface area contributed by atoms with E-state index in [0.29, 0.717) is 6.42 Å². The molecule has 1 aromatic rings. The standard InChI is InChI=1S/C12H17NO2S/c1-4-9-6-7-16-11(9)12(15)13-8(3)10(14)5-2/h6-8H,4-5H2,1-3H3,(H,13,15). The van der Waals surface area contributed by atoms with E-state index in [0.717, 1.165) is 16.9 Å². The van der Waals surface area contributed by atoms with Crippen LogP contribution in [0.5, 0.6) is 0 Å². The third-order valence-corrected chi connectivity index (χ3v) is 3.47. The lowest BCUT2D eigenvalue weighted by molar-refractivity contribution is -0.120. The van der Waals surface area contributed by atoms with Crippen molar-refractivity contribution >= 4 is 23.0 Å². The second-order valence-corrected chi connectivity index (χ2v) is 4.56. The number of nitrogens with one attached hydrogen (secondary N) is 1. The maximum Gasteiger partial charge on any atom is 0.262 e. The Morgan fingerprint density at radius 1 is 1.44 bits per heavy atom. The molecule has 0 aliphatic heterocycles. The molecule has 0 saturated heterocycles. The monoisotopic (exact) mass is 239 g/mol. The first-order chi connectivity index (χ1) is 7.60. The van der Waals surface area contributed by atoms with Crippen molar-refractivity contribution in [2.45, 2.75) is 39.7 Å². The van der Waals surface area contributed by atoms with E-state index in [4.69, 9.17) is 0 Å². The number of ketones is 1. The number of hydrogen-bond donors (Lipinski definition) is 1. The number of hydrogen-bond acceptors (Lipinski definition) is 3. The number of carbonyl (C=O) groups excluding carboxylic acids is 2. The summed E-state index contributed by atoms with van der Waals surface area (Å²) < 4.78 is 0. The van der Waals surface area contributed by atoms with E-state index in [1.54, 1.807) is 13.8 Å². The van der Waals surface area contributed by atoms with Crippen LogP contribution in [0.2, 0.25) is 0 Å². The van der Waals surface area contributed by atoms with Gasteiger partial charge in [-0.1, -0.05) is 13.8 Å². The second kappa shape index (κ2) is 5.80. The van der Waals surface area contributed by atoms with Crippen molar-refractivity contribution in [1.82, 2.24) is 5.32 Å². The van der Waals surface area contributed by atoms with Crippen molar-refractivity contribution in [3.05, 3.63) is 21.9 Å². The fourth-order valence-corrected chi connectivity index (χ4v) is 2.36. The highest BCUT2D eigenvalue weighted by Crippen LogP contribution is 2.17. The molecule has 0 bridgehead atoms. The molecule has 88 valence electrons. The quantitative estimate of drug-likeness (QED) is 0.857. The van der Waals surface area contributed by atoms with Crippen LogP contribution in [0.4, 0.5) is 0 Å². The molecule has 1 aromatic heterocycles. The summed E-state index contributed by atoms with van der Waals surface area (Å²) in [6, 6.07) is 1.55. The van der Waals surface area contributed by atoms with Crippen molar-refractivity contribution in [2.75, 3.05) is 0 Å². The summed E-state index contributed by atoms with van der Waals surface area (Å²) in [7, 11) is 0. The zero-order chi connectivity index (χ0) is 12.1. The lowest BCUT2D eigenvalue weighted by Crippen LogP contribution is -2.38. The molecule has 4 heteroatoms. The predicted octanol–water partition coefficient (Wildman–Crippen LogP) is 2.41. The van der Waals surface area contributed by atoms with Gasteiger partial charge in [0, 0.05) is 6.42 Å². The molecule has 1 rings (SSSR count). The summed E-state index contributed by atoms with van der Waals surface area (Å²) in [6.07, 6.45) is 1.29. The molecule has 1 atom stereocenters. The lowest BCUT2D eigenvalue weighted by Gasteiger charge is -2.11. The van der Waals surface area contributed by atoms with Crippen LogP contribution in [0.1, 0.15) is 42.4 Å². The average Bonchev–Trinajstić information content (AvgIpc) is 2.75. The molecule has 0 radical (unpaired) electrons. The summed E-state index contributed by atoms with van der Waals surface area (Å²) in [4.78, 5) is 23.9. The largest absolute Gasteiger partial charge is 0.342 e. The van der Waals surface area contributed by atoms with Crippen molar-refractivity contribution in [1.29, 1.82) is 0 Å². The molecular formula is C12H17NO2S. The summed E-state index contributed by atoms with van der Waals surface area (Å²) >= 11 is 1.42. The molecule has 1 heterocycles. The summed E-state index contributed by atoms with van der Waals surface area (Å²) in [5.74, 6) is -0.0795. The Balaban J connectivity index is 2.69. The molecule has 1 N–H and O–H groups in total. The Bertz CT molecular complexity index is 384. The van der Waals surface area contributed by atoms with Crippen LogP contribution >= 0.6 is 11.3 Å². The first-order valence-electron chi connectivity index (χ1n) is 5.50. The molecule has 3 nitrogen and oxygen atoms in total. The van der Waals surface area contributed by atoms with E-state index in [1.807, 2.05) is 18.4 Å². The first-order valence-corrected chi connectivity index (χ1v) is 6.38. The Labute approximate surface area is 99.9 Å². The van der Waals surface area contributed by atoms with E-state index in [2.05, 4.69) is 5.32 Å². The van der Waals surface area contributed by atoms with Gasteiger partial charge in [-0.3, -0.25) is 9.59 Å². The topological polar surface area (TPSA) is 46.2 Å². The van der Waals surface area contributed by atoms with Gasteiger partial charge in [0.1, 0.15) is 0 Å². The average molecular weight is 239 g/mol.